The fraction of sp³-hybridized carbons (Fsp3) is 0.625. The zero-order chi connectivity index (χ0) is 15.3. The predicted molar refractivity (Wildman–Crippen MR) is 73.9 cm³/mol. The molecule has 2 rings (SSSR count). The van der Waals surface area contributed by atoms with Crippen LogP contribution in [-0.2, 0) is 0 Å². The molecule has 0 heterocycles. The summed E-state index contributed by atoms with van der Waals surface area (Å²) in [5, 5.41) is 10.1. The highest BCUT2D eigenvalue weighted by molar-refractivity contribution is 5.30. The first-order chi connectivity index (χ1) is 9.94. The van der Waals surface area contributed by atoms with Crippen molar-refractivity contribution >= 4 is 0 Å². The summed E-state index contributed by atoms with van der Waals surface area (Å²) in [4.78, 5) is 0. The van der Waals surface area contributed by atoms with E-state index < -0.39 is 12.5 Å². The first-order valence-corrected chi connectivity index (χ1v) is 7.48. The van der Waals surface area contributed by atoms with Crippen molar-refractivity contribution in [2.45, 2.75) is 57.4 Å². The SMILES string of the molecule is OC(CCC1CCCCC1)c1cccc(OC(F)(F)F)c1. The van der Waals surface area contributed by atoms with E-state index >= 15 is 0 Å². The Bertz CT molecular complexity index is 439. The van der Waals surface area contributed by atoms with E-state index in [-0.39, 0.29) is 5.75 Å². The summed E-state index contributed by atoms with van der Waals surface area (Å²) in [5.41, 5.74) is 0.479. The molecule has 118 valence electrons. The molecular weight excluding hydrogens is 281 g/mol. The van der Waals surface area contributed by atoms with Crippen LogP contribution in [0.4, 0.5) is 13.2 Å². The van der Waals surface area contributed by atoms with Gasteiger partial charge >= 0.3 is 6.36 Å². The van der Waals surface area contributed by atoms with Gasteiger partial charge in [0, 0.05) is 0 Å². The largest absolute Gasteiger partial charge is 0.573 e. The highest BCUT2D eigenvalue weighted by atomic mass is 19.4. The third-order valence-electron chi connectivity index (χ3n) is 4.05. The van der Waals surface area contributed by atoms with Crippen molar-refractivity contribution in [1.82, 2.24) is 0 Å². The lowest BCUT2D eigenvalue weighted by molar-refractivity contribution is -0.274. The number of benzene rings is 1. The molecule has 0 radical (unpaired) electrons. The predicted octanol–water partition coefficient (Wildman–Crippen LogP) is 4.98. The number of hydrogen-bond donors (Lipinski definition) is 1. The average molecular weight is 302 g/mol. The van der Waals surface area contributed by atoms with Crippen LogP contribution < -0.4 is 4.74 Å². The van der Waals surface area contributed by atoms with Crippen LogP contribution in [0.5, 0.6) is 5.75 Å². The quantitative estimate of drug-likeness (QED) is 0.831. The van der Waals surface area contributed by atoms with Crippen LogP contribution in [0.1, 0.15) is 56.6 Å². The Labute approximate surface area is 122 Å². The molecular formula is C16H21F3O2. The third kappa shape index (κ3) is 5.58. The summed E-state index contributed by atoms with van der Waals surface area (Å²) >= 11 is 0. The summed E-state index contributed by atoms with van der Waals surface area (Å²) in [5.74, 6) is 0.361. The van der Waals surface area contributed by atoms with Crippen LogP contribution >= 0.6 is 0 Å². The number of aliphatic hydroxyl groups excluding tert-OH is 1. The molecule has 1 aliphatic rings. The molecule has 0 aromatic heterocycles. The lowest BCUT2D eigenvalue weighted by Gasteiger charge is -2.22. The Morgan fingerprint density at radius 2 is 1.90 bits per heavy atom. The standard InChI is InChI=1S/C16H21F3O2/c17-16(18,19)21-14-8-4-7-13(11-14)15(20)10-9-12-5-2-1-3-6-12/h4,7-8,11-12,15,20H,1-3,5-6,9-10H2. The van der Waals surface area contributed by atoms with E-state index in [2.05, 4.69) is 4.74 Å². The first kappa shape index (κ1) is 16.1. The minimum Gasteiger partial charge on any atom is -0.406 e. The van der Waals surface area contributed by atoms with Crippen molar-refractivity contribution in [3.63, 3.8) is 0 Å². The second-order valence-electron chi connectivity index (χ2n) is 5.72. The fourth-order valence-corrected chi connectivity index (χ4v) is 2.95. The molecule has 1 aromatic carbocycles. The van der Waals surface area contributed by atoms with Gasteiger partial charge in [-0.15, -0.1) is 13.2 Å². The Kier molecular flexibility index (Phi) is 5.51. The van der Waals surface area contributed by atoms with Gasteiger partial charge in [0.15, 0.2) is 0 Å². The third-order valence-corrected chi connectivity index (χ3v) is 4.05. The van der Waals surface area contributed by atoms with E-state index in [1.165, 1.54) is 50.3 Å². The van der Waals surface area contributed by atoms with E-state index in [1.807, 2.05) is 0 Å². The highest BCUT2D eigenvalue weighted by Crippen LogP contribution is 2.31. The molecule has 0 aliphatic heterocycles. The highest BCUT2D eigenvalue weighted by Gasteiger charge is 2.31. The Morgan fingerprint density at radius 1 is 1.19 bits per heavy atom. The molecule has 1 saturated carbocycles. The maximum absolute atomic E-state index is 12.2. The second kappa shape index (κ2) is 7.16. The van der Waals surface area contributed by atoms with Gasteiger partial charge in [-0.2, -0.15) is 0 Å². The van der Waals surface area contributed by atoms with E-state index in [0.29, 0.717) is 17.9 Å². The maximum Gasteiger partial charge on any atom is 0.573 e. The van der Waals surface area contributed by atoms with E-state index in [9.17, 15) is 18.3 Å². The summed E-state index contributed by atoms with van der Waals surface area (Å²) in [6.45, 7) is 0. The summed E-state index contributed by atoms with van der Waals surface area (Å²) in [7, 11) is 0. The van der Waals surface area contributed by atoms with Gasteiger partial charge in [0.05, 0.1) is 6.10 Å². The maximum atomic E-state index is 12.2. The molecule has 0 saturated heterocycles. The van der Waals surface area contributed by atoms with Gasteiger partial charge in [0.25, 0.3) is 0 Å². The van der Waals surface area contributed by atoms with E-state index in [4.69, 9.17) is 0 Å². The molecule has 2 nitrogen and oxygen atoms in total. The summed E-state index contributed by atoms with van der Waals surface area (Å²) in [6.07, 6.45) is 2.25. The van der Waals surface area contributed by atoms with Gasteiger partial charge in [-0.1, -0.05) is 44.2 Å². The van der Waals surface area contributed by atoms with Crippen molar-refractivity contribution in [3.8, 4) is 5.75 Å². The Hall–Kier alpha value is -1.23. The van der Waals surface area contributed by atoms with E-state index in [1.54, 1.807) is 6.07 Å². The van der Waals surface area contributed by atoms with Gasteiger partial charge in [-0.3, -0.25) is 0 Å². The van der Waals surface area contributed by atoms with Gasteiger partial charge in [-0.25, -0.2) is 0 Å². The second-order valence-corrected chi connectivity index (χ2v) is 5.72. The molecule has 0 bridgehead atoms. The molecule has 1 unspecified atom stereocenters. The molecule has 0 amide bonds. The summed E-state index contributed by atoms with van der Waals surface area (Å²) < 4.78 is 40.4. The van der Waals surface area contributed by atoms with Crippen LogP contribution in [0.25, 0.3) is 0 Å². The molecule has 0 spiro atoms. The van der Waals surface area contributed by atoms with Crippen LogP contribution in [-0.4, -0.2) is 11.5 Å². The van der Waals surface area contributed by atoms with Crippen molar-refractivity contribution in [1.29, 1.82) is 0 Å². The number of alkyl halides is 3. The van der Waals surface area contributed by atoms with Gasteiger partial charge < -0.3 is 9.84 Å². The van der Waals surface area contributed by atoms with Crippen molar-refractivity contribution < 1.29 is 23.0 Å². The van der Waals surface area contributed by atoms with Crippen molar-refractivity contribution in [3.05, 3.63) is 29.8 Å². The van der Waals surface area contributed by atoms with E-state index in [0.717, 1.165) is 6.42 Å². The molecule has 1 atom stereocenters. The molecule has 1 N–H and O–H groups in total. The van der Waals surface area contributed by atoms with Crippen LogP contribution in [0.2, 0.25) is 0 Å². The van der Waals surface area contributed by atoms with Crippen LogP contribution in [0.3, 0.4) is 0 Å². The Morgan fingerprint density at radius 3 is 2.57 bits per heavy atom. The molecule has 5 heteroatoms. The summed E-state index contributed by atoms with van der Waals surface area (Å²) in [6, 6.07) is 5.61. The monoisotopic (exact) mass is 302 g/mol. The zero-order valence-electron chi connectivity index (χ0n) is 11.9. The molecule has 1 fully saturated rings. The normalized spacial score (nSPS) is 18.5. The molecule has 1 aromatic rings. The minimum atomic E-state index is -4.70. The lowest BCUT2D eigenvalue weighted by Crippen LogP contribution is -2.17. The van der Waals surface area contributed by atoms with Gasteiger partial charge in [0.1, 0.15) is 5.75 Å². The zero-order valence-corrected chi connectivity index (χ0v) is 11.9. The minimum absolute atomic E-state index is 0.281. The van der Waals surface area contributed by atoms with Crippen LogP contribution in [0, 0.1) is 5.92 Å². The van der Waals surface area contributed by atoms with Crippen molar-refractivity contribution in [2.24, 2.45) is 5.92 Å². The number of rotatable bonds is 5. The van der Waals surface area contributed by atoms with Gasteiger partial charge in [-0.05, 0) is 36.5 Å². The Balaban J connectivity index is 1.89. The first-order valence-electron chi connectivity index (χ1n) is 7.48. The fourth-order valence-electron chi connectivity index (χ4n) is 2.95. The smallest absolute Gasteiger partial charge is 0.406 e. The van der Waals surface area contributed by atoms with Crippen LogP contribution in [0.15, 0.2) is 24.3 Å². The molecule has 1 aliphatic carbocycles. The topological polar surface area (TPSA) is 29.5 Å². The van der Waals surface area contributed by atoms with Gasteiger partial charge in [0.2, 0.25) is 0 Å². The number of ether oxygens (including phenoxy) is 1. The lowest BCUT2D eigenvalue weighted by atomic mass is 9.85. The van der Waals surface area contributed by atoms with Crippen molar-refractivity contribution in [2.75, 3.05) is 0 Å². The average Bonchev–Trinajstić information content (AvgIpc) is 2.44. The number of aliphatic hydroxyl groups is 1. The number of halogens is 3. The molecule has 21 heavy (non-hydrogen) atoms. The number of hydrogen-bond acceptors (Lipinski definition) is 2.